The molecule has 9 heteroatoms. The van der Waals surface area contributed by atoms with Gasteiger partial charge in [0, 0.05) is 5.56 Å². The zero-order valence-electron chi connectivity index (χ0n) is 16.4. The second-order valence-corrected chi connectivity index (χ2v) is 7.19. The number of rotatable bonds is 6. The maximum Gasteiger partial charge on any atom is 0.340 e. The van der Waals surface area contributed by atoms with Gasteiger partial charge in [0.1, 0.15) is 5.56 Å². The lowest BCUT2D eigenvalue weighted by atomic mass is 10.0. The summed E-state index contributed by atoms with van der Waals surface area (Å²) in [5, 5.41) is 12.6. The second-order valence-electron chi connectivity index (χ2n) is 6.16. The van der Waals surface area contributed by atoms with Crippen LogP contribution in [0, 0.1) is 0 Å². The molecule has 0 atom stereocenters. The van der Waals surface area contributed by atoms with E-state index in [0.717, 1.165) is 11.8 Å². The Morgan fingerprint density at radius 3 is 2.57 bits per heavy atom. The van der Waals surface area contributed by atoms with Crippen molar-refractivity contribution in [3.63, 3.8) is 0 Å². The van der Waals surface area contributed by atoms with E-state index in [2.05, 4.69) is 10.3 Å². The molecule has 1 heterocycles. The first-order valence-corrected chi connectivity index (χ1v) is 9.54. The number of amidine groups is 1. The van der Waals surface area contributed by atoms with E-state index in [-0.39, 0.29) is 33.3 Å². The summed E-state index contributed by atoms with van der Waals surface area (Å²) in [6.45, 7) is 1.46. The van der Waals surface area contributed by atoms with Gasteiger partial charge in [-0.1, -0.05) is 18.2 Å². The Morgan fingerprint density at radius 1 is 1.17 bits per heavy atom. The fourth-order valence-corrected chi connectivity index (χ4v) is 3.65. The first kappa shape index (κ1) is 21.1. The first-order chi connectivity index (χ1) is 14.3. The number of carboxylic acid groups (broad SMARTS) is 1. The quantitative estimate of drug-likeness (QED) is 0.537. The predicted octanol–water partition coefficient (Wildman–Crippen LogP) is 3.50. The van der Waals surface area contributed by atoms with Crippen molar-refractivity contribution in [1.29, 1.82) is 0 Å². The molecule has 30 heavy (non-hydrogen) atoms. The minimum absolute atomic E-state index is 0.0673. The number of carbonyl (C=O) groups excluding carboxylic acids is 2. The number of carbonyl (C=O) groups is 3. The van der Waals surface area contributed by atoms with Crippen LogP contribution in [0.1, 0.15) is 33.2 Å². The number of benzene rings is 2. The number of ether oxygens (including phenoxy) is 2. The molecule has 2 aromatic rings. The second kappa shape index (κ2) is 8.83. The number of Topliss-reactive ketones (excluding diaryl/α,β-unsaturated/α-hetero) is 1. The lowest BCUT2D eigenvalue weighted by Gasteiger charge is -2.12. The van der Waals surface area contributed by atoms with E-state index in [1.54, 1.807) is 30.3 Å². The van der Waals surface area contributed by atoms with Crippen molar-refractivity contribution in [1.82, 2.24) is 5.32 Å². The molecule has 1 aliphatic rings. The van der Waals surface area contributed by atoms with Crippen molar-refractivity contribution in [3.05, 3.63) is 58.0 Å². The zero-order chi connectivity index (χ0) is 21.8. The Kier molecular flexibility index (Phi) is 6.22. The molecule has 0 spiro atoms. The third-order valence-corrected chi connectivity index (χ3v) is 5.12. The number of aromatic carboxylic acids is 1. The van der Waals surface area contributed by atoms with E-state index in [9.17, 15) is 19.5 Å². The lowest BCUT2D eigenvalue weighted by molar-refractivity contribution is -0.115. The number of hydrogen-bond donors (Lipinski definition) is 2. The van der Waals surface area contributed by atoms with Gasteiger partial charge in [0.05, 0.1) is 24.8 Å². The molecule has 0 unspecified atom stereocenters. The van der Waals surface area contributed by atoms with Crippen LogP contribution in [0.2, 0.25) is 0 Å². The topological polar surface area (TPSA) is 114 Å². The Labute approximate surface area is 176 Å². The molecule has 1 amide bonds. The molecule has 2 N–H and O–H groups in total. The number of nitrogens with zero attached hydrogens (tertiary/aromatic N) is 1. The standard InChI is InChI=1S/C21H18N2O6S/c1-11(24)12-5-4-6-14(9-12)22-21-23-19(25)16(30-21)10-13-7-8-15(28-2)18(29-3)17(13)20(26)27/h4-10H,1-3H3,(H,26,27)(H,22,23,25)/b16-10+. The van der Waals surface area contributed by atoms with Crippen molar-refractivity contribution in [2.24, 2.45) is 4.99 Å². The van der Waals surface area contributed by atoms with Crippen LogP contribution >= 0.6 is 11.8 Å². The molecule has 3 rings (SSSR count). The average molecular weight is 426 g/mol. The molecule has 0 radical (unpaired) electrons. The van der Waals surface area contributed by atoms with Crippen molar-refractivity contribution >= 4 is 46.4 Å². The molecule has 0 aliphatic carbocycles. The van der Waals surface area contributed by atoms with E-state index in [1.807, 2.05) is 0 Å². The normalized spacial score (nSPS) is 15.9. The molecular formula is C21H18N2O6S. The van der Waals surface area contributed by atoms with Crippen LogP contribution < -0.4 is 14.8 Å². The van der Waals surface area contributed by atoms with Crippen molar-refractivity contribution in [3.8, 4) is 11.5 Å². The largest absolute Gasteiger partial charge is 0.493 e. The maximum absolute atomic E-state index is 12.4. The number of aliphatic imine (C=N–C) groups is 1. The molecule has 154 valence electrons. The van der Waals surface area contributed by atoms with E-state index < -0.39 is 11.9 Å². The van der Waals surface area contributed by atoms with Crippen LogP contribution in [0.4, 0.5) is 5.69 Å². The number of thioether (sulfide) groups is 1. The third kappa shape index (κ3) is 4.36. The number of carboxylic acids is 1. The SMILES string of the molecule is COc1ccc(/C=C2/SC(=Nc3cccc(C(C)=O)c3)NC2=O)c(C(=O)O)c1OC. The minimum atomic E-state index is -1.21. The Balaban J connectivity index is 1.96. The molecule has 1 saturated heterocycles. The summed E-state index contributed by atoms with van der Waals surface area (Å²) in [6.07, 6.45) is 1.46. The van der Waals surface area contributed by atoms with E-state index in [1.165, 1.54) is 33.3 Å². The Morgan fingerprint density at radius 2 is 1.93 bits per heavy atom. The van der Waals surface area contributed by atoms with Crippen molar-refractivity contribution in [2.75, 3.05) is 14.2 Å². The number of nitrogens with one attached hydrogen (secondary N) is 1. The number of methoxy groups -OCH3 is 2. The molecule has 1 aliphatic heterocycles. The van der Waals surface area contributed by atoms with Crippen LogP contribution in [0.5, 0.6) is 11.5 Å². The summed E-state index contributed by atoms with van der Waals surface area (Å²) in [5.41, 5.74) is 1.21. The molecule has 8 nitrogen and oxygen atoms in total. The van der Waals surface area contributed by atoms with E-state index >= 15 is 0 Å². The van der Waals surface area contributed by atoms with Gasteiger partial charge >= 0.3 is 5.97 Å². The van der Waals surface area contributed by atoms with Crippen LogP contribution in [0.25, 0.3) is 6.08 Å². The Hall–Kier alpha value is -3.59. The zero-order valence-corrected chi connectivity index (χ0v) is 17.2. The fourth-order valence-electron chi connectivity index (χ4n) is 2.82. The van der Waals surface area contributed by atoms with E-state index in [4.69, 9.17) is 9.47 Å². The van der Waals surface area contributed by atoms with Crippen LogP contribution in [-0.2, 0) is 4.79 Å². The summed E-state index contributed by atoms with van der Waals surface area (Å²) in [6, 6.07) is 9.83. The van der Waals surface area contributed by atoms with Gasteiger partial charge in [-0.05, 0) is 48.5 Å². The highest BCUT2D eigenvalue weighted by molar-refractivity contribution is 8.18. The van der Waals surface area contributed by atoms with Gasteiger partial charge in [-0.3, -0.25) is 9.59 Å². The van der Waals surface area contributed by atoms with Gasteiger partial charge in [0.2, 0.25) is 0 Å². The van der Waals surface area contributed by atoms with Crippen LogP contribution in [0.15, 0.2) is 46.3 Å². The van der Waals surface area contributed by atoms with Gasteiger partial charge in [-0.15, -0.1) is 0 Å². The monoisotopic (exact) mass is 426 g/mol. The molecule has 0 bridgehead atoms. The molecule has 0 aromatic heterocycles. The summed E-state index contributed by atoms with van der Waals surface area (Å²) >= 11 is 1.07. The maximum atomic E-state index is 12.4. The minimum Gasteiger partial charge on any atom is -0.493 e. The highest BCUT2D eigenvalue weighted by Crippen LogP contribution is 2.36. The first-order valence-electron chi connectivity index (χ1n) is 8.73. The fraction of sp³-hybridized carbons (Fsp3) is 0.143. The van der Waals surface area contributed by atoms with Gasteiger partial charge in [0.25, 0.3) is 5.91 Å². The summed E-state index contributed by atoms with van der Waals surface area (Å²) < 4.78 is 10.3. The highest BCUT2D eigenvalue weighted by atomic mass is 32.2. The van der Waals surface area contributed by atoms with Gasteiger partial charge in [0.15, 0.2) is 22.4 Å². The molecular weight excluding hydrogens is 408 g/mol. The van der Waals surface area contributed by atoms with Gasteiger partial charge < -0.3 is 19.9 Å². The summed E-state index contributed by atoms with van der Waals surface area (Å²) in [7, 11) is 2.75. The smallest absolute Gasteiger partial charge is 0.340 e. The van der Waals surface area contributed by atoms with E-state index in [0.29, 0.717) is 16.4 Å². The predicted molar refractivity (Wildman–Crippen MR) is 114 cm³/mol. The van der Waals surface area contributed by atoms with Crippen LogP contribution in [0.3, 0.4) is 0 Å². The third-order valence-electron chi connectivity index (χ3n) is 4.21. The lowest BCUT2D eigenvalue weighted by Crippen LogP contribution is -2.19. The summed E-state index contributed by atoms with van der Waals surface area (Å²) in [5.74, 6) is -1.37. The molecule has 0 saturated carbocycles. The number of ketones is 1. The summed E-state index contributed by atoms with van der Waals surface area (Å²) in [4.78, 5) is 40.3. The average Bonchev–Trinajstić information content (AvgIpc) is 3.05. The van der Waals surface area contributed by atoms with Gasteiger partial charge in [-0.2, -0.15) is 0 Å². The highest BCUT2D eigenvalue weighted by Gasteiger charge is 2.26. The van der Waals surface area contributed by atoms with Crippen molar-refractivity contribution < 1.29 is 29.0 Å². The number of amides is 1. The Bertz CT molecular complexity index is 1110. The molecule has 1 fully saturated rings. The van der Waals surface area contributed by atoms with Crippen LogP contribution in [-0.4, -0.2) is 42.2 Å². The number of hydrogen-bond acceptors (Lipinski definition) is 7. The van der Waals surface area contributed by atoms with Gasteiger partial charge in [-0.25, -0.2) is 9.79 Å². The van der Waals surface area contributed by atoms with Crippen molar-refractivity contribution in [2.45, 2.75) is 6.92 Å². The molecule has 2 aromatic carbocycles.